The first-order valence-corrected chi connectivity index (χ1v) is 17.1. The summed E-state index contributed by atoms with van der Waals surface area (Å²) in [6.07, 6.45) is 3.51. The van der Waals surface area contributed by atoms with E-state index in [1.165, 1.54) is 22.3 Å². The number of carbonyl (C=O) groups excluding carboxylic acids is 4. The summed E-state index contributed by atoms with van der Waals surface area (Å²) in [6, 6.07) is 29.1. The van der Waals surface area contributed by atoms with E-state index in [0.717, 1.165) is 35.5 Å². The molecule has 1 saturated carbocycles. The molecular formula is C41H39NO7. The number of rotatable bonds is 11. The van der Waals surface area contributed by atoms with Crippen molar-refractivity contribution >= 4 is 23.4 Å². The number of ether oxygens (including phenoxy) is 2. The van der Waals surface area contributed by atoms with E-state index in [2.05, 4.69) is 42.5 Å². The van der Waals surface area contributed by atoms with Crippen LogP contribution in [0.2, 0.25) is 0 Å². The van der Waals surface area contributed by atoms with Crippen LogP contribution >= 0.6 is 0 Å². The molecule has 0 saturated heterocycles. The van der Waals surface area contributed by atoms with Crippen LogP contribution in [-0.4, -0.2) is 59.2 Å². The molecule has 8 heteroatoms. The van der Waals surface area contributed by atoms with E-state index < -0.39 is 17.9 Å². The van der Waals surface area contributed by atoms with E-state index >= 15 is 0 Å². The molecule has 0 aromatic heterocycles. The molecule has 0 spiro atoms. The molecule has 8 nitrogen and oxygen atoms in total. The number of fused-ring (bicyclic) bond motifs is 2. The summed E-state index contributed by atoms with van der Waals surface area (Å²) in [7, 11) is 0. The fourth-order valence-corrected chi connectivity index (χ4v) is 7.63. The number of aryl methyl sites for hydroxylation is 2. The fraction of sp³-hybridized carbons (Fsp3) is 0.317. The van der Waals surface area contributed by atoms with E-state index in [-0.39, 0.29) is 36.7 Å². The van der Waals surface area contributed by atoms with Crippen LogP contribution in [0.5, 0.6) is 11.5 Å². The van der Waals surface area contributed by atoms with Crippen LogP contribution in [0.4, 0.5) is 0 Å². The summed E-state index contributed by atoms with van der Waals surface area (Å²) in [5.74, 6) is 0.164. The number of aromatic hydroxyl groups is 1. The monoisotopic (exact) mass is 657 g/mol. The highest BCUT2D eigenvalue weighted by atomic mass is 16.5. The summed E-state index contributed by atoms with van der Waals surface area (Å²) in [6.45, 7) is 1.36. The molecule has 250 valence electrons. The number of nitrogens with zero attached hydrogens (tertiary/aromatic N) is 1. The normalized spacial score (nSPS) is 20.3. The Morgan fingerprint density at radius 2 is 1.53 bits per heavy atom. The Labute approximate surface area is 285 Å². The molecule has 4 aromatic carbocycles. The lowest BCUT2D eigenvalue weighted by Gasteiger charge is -2.34. The highest BCUT2D eigenvalue weighted by molar-refractivity contribution is 6.23. The van der Waals surface area contributed by atoms with Crippen LogP contribution in [0.15, 0.2) is 91.0 Å². The van der Waals surface area contributed by atoms with Gasteiger partial charge >= 0.3 is 0 Å². The number of phenolic OH excluding ortho intramolecular Hbond substituents is 1. The Morgan fingerprint density at radius 1 is 0.735 bits per heavy atom. The van der Waals surface area contributed by atoms with Crippen LogP contribution in [0.1, 0.15) is 92.5 Å². The standard InChI is InChI=1S/C41H39NO7/c43-30-12-18-34-29(24-30)11-17-33(27-6-2-1-3-7-27)39(34)28-9-14-32(15-10-28)49-22-21-48-20-4-5-26-8-16-35-36(23-26)41(47)42(40(35)46)37-19-13-31(44)25-38(37)45/h1-3,6-10,12,14-16,18,23-24,33,37,39,43H,4-5,11,13,17,19-22,25H2/t33-,37?,39+/m1/s1. The van der Waals surface area contributed by atoms with Crippen molar-refractivity contribution in [3.8, 4) is 11.5 Å². The van der Waals surface area contributed by atoms with Crippen molar-refractivity contribution in [2.75, 3.05) is 19.8 Å². The zero-order valence-corrected chi connectivity index (χ0v) is 27.3. The van der Waals surface area contributed by atoms with Crippen LogP contribution in [0.25, 0.3) is 0 Å². The quantitative estimate of drug-likeness (QED) is 0.110. The van der Waals surface area contributed by atoms with Crippen LogP contribution in [0, 0.1) is 0 Å². The van der Waals surface area contributed by atoms with E-state index in [1.807, 2.05) is 30.3 Å². The number of ketones is 2. The minimum atomic E-state index is -0.861. The molecule has 1 heterocycles. The number of hydrogen-bond donors (Lipinski definition) is 1. The molecule has 2 aliphatic carbocycles. The fourth-order valence-electron chi connectivity index (χ4n) is 7.63. The van der Waals surface area contributed by atoms with E-state index in [1.54, 1.807) is 18.2 Å². The molecule has 1 unspecified atom stereocenters. The number of benzene rings is 4. The third kappa shape index (κ3) is 6.78. The lowest BCUT2D eigenvalue weighted by Crippen LogP contribution is -2.47. The maximum atomic E-state index is 13.1. The average molecular weight is 658 g/mol. The van der Waals surface area contributed by atoms with Crippen LogP contribution in [-0.2, 0) is 27.2 Å². The van der Waals surface area contributed by atoms with Gasteiger partial charge in [0, 0.05) is 18.9 Å². The van der Waals surface area contributed by atoms with Crippen molar-refractivity contribution in [2.45, 2.75) is 62.8 Å². The number of amides is 2. The number of hydrogen-bond acceptors (Lipinski definition) is 7. The van der Waals surface area contributed by atoms with Gasteiger partial charge in [-0.05, 0) is 102 Å². The number of Topliss-reactive ketones (excluding diaryl/α,β-unsaturated/α-hetero) is 2. The van der Waals surface area contributed by atoms with Gasteiger partial charge in [-0.15, -0.1) is 0 Å². The predicted octanol–water partition coefficient (Wildman–Crippen LogP) is 6.57. The topological polar surface area (TPSA) is 110 Å². The molecule has 49 heavy (non-hydrogen) atoms. The first-order chi connectivity index (χ1) is 23.9. The van der Waals surface area contributed by atoms with Gasteiger partial charge in [-0.25, -0.2) is 0 Å². The number of imide groups is 1. The predicted molar refractivity (Wildman–Crippen MR) is 183 cm³/mol. The third-order valence-corrected chi connectivity index (χ3v) is 10.0. The molecule has 3 atom stereocenters. The van der Waals surface area contributed by atoms with Crippen molar-refractivity contribution in [3.63, 3.8) is 0 Å². The molecular weight excluding hydrogens is 618 g/mol. The average Bonchev–Trinajstić information content (AvgIpc) is 3.36. The summed E-state index contributed by atoms with van der Waals surface area (Å²) >= 11 is 0. The second-order valence-electron chi connectivity index (χ2n) is 13.1. The van der Waals surface area contributed by atoms with Gasteiger partial charge in [-0.3, -0.25) is 24.1 Å². The van der Waals surface area contributed by atoms with Crippen molar-refractivity contribution in [2.24, 2.45) is 0 Å². The number of carbonyl (C=O) groups is 4. The van der Waals surface area contributed by atoms with Gasteiger partial charge in [0.05, 0.1) is 30.2 Å². The lowest BCUT2D eigenvalue weighted by atomic mass is 9.69. The molecule has 3 aliphatic rings. The van der Waals surface area contributed by atoms with E-state index in [9.17, 15) is 24.3 Å². The van der Waals surface area contributed by atoms with E-state index in [4.69, 9.17) is 9.47 Å². The maximum absolute atomic E-state index is 13.1. The molecule has 7 rings (SSSR count). The molecule has 1 N–H and O–H groups in total. The Hall–Kier alpha value is -5.08. The smallest absolute Gasteiger partial charge is 0.262 e. The van der Waals surface area contributed by atoms with Crippen molar-refractivity contribution in [1.29, 1.82) is 0 Å². The summed E-state index contributed by atoms with van der Waals surface area (Å²) in [5, 5.41) is 10.1. The summed E-state index contributed by atoms with van der Waals surface area (Å²) in [5.41, 5.74) is 6.54. The SMILES string of the molecule is O=C1CCC(N2C(=O)c3ccc(CCCOCCOc4ccc([C@@H]5c6ccc(O)cc6CC[C@@H]5c5ccccc5)cc4)cc3C2=O)C(=O)C1. The molecule has 1 fully saturated rings. The highest BCUT2D eigenvalue weighted by Gasteiger charge is 2.44. The maximum Gasteiger partial charge on any atom is 0.262 e. The second kappa shape index (κ2) is 14.2. The van der Waals surface area contributed by atoms with Gasteiger partial charge in [-0.2, -0.15) is 0 Å². The van der Waals surface area contributed by atoms with Crippen molar-refractivity contribution in [3.05, 3.63) is 130 Å². The van der Waals surface area contributed by atoms with E-state index in [0.29, 0.717) is 49.0 Å². The minimum Gasteiger partial charge on any atom is -0.508 e. The van der Waals surface area contributed by atoms with Crippen LogP contribution in [0.3, 0.4) is 0 Å². The minimum absolute atomic E-state index is 0.148. The molecule has 2 amide bonds. The van der Waals surface area contributed by atoms with Crippen molar-refractivity contribution in [1.82, 2.24) is 4.90 Å². The van der Waals surface area contributed by atoms with Gasteiger partial charge in [0.2, 0.25) is 0 Å². The summed E-state index contributed by atoms with van der Waals surface area (Å²) in [4.78, 5) is 51.1. The highest BCUT2D eigenvalue weighted by Crippen LogP contribution is 2.47. The van der Waals surface area contributed by atoms with Gasteiger partial charge in [0.25, 0.3) is 11.8 Å². The Balaban J connectivity index is 0.889. The Morgan fingerprint density at radius 3 is 2.33 bits per heavy atom. The first kappa shape index (κ1) is 32.5. The molecule has 0 bridgehead atoms. The first-order valence-electron chi connectivity index (χ1n) is 17.1. The zero-order chi connectivity index (χ0) is 33.9. The van der Waals surface area contributed by atoms with Gasteiger partial charge in [-0.1, -0.05) is 54.6 Å². The second-order valence-corrected chi connectivity index (χ2v) is 13.1. The Kier molecular flexibility index (Phi) is 9.40. The lowest BCUT2D eigenvalue weighted by molar-refractivity contribution is -0.132. The largest absolute Gasteiger partial charge is 0.508 e. The zero-order valence-electron chi connectivity index (χ0n) is 27.3. The van der Waals surface area contributed by atoms with Gasteiger partial charge in [0.1, 0.15) is 23.9 Å². The van der Waals surface area contributed by atoms with Crippen LogP contribution < -0.4 is 4.74 Å². The molecule has 1 aliphatic heterocycles. The third-order valence-electron chi connectivity index (χ3n) is 10.0. The van der Waals surface area contributed by atoms with Gasteiger partial charge < -0.3 is 14.6 Å². The van der Waals surface area contributed by atoms with Crippen molar-refractivity contribution < 1.29 is 33.8 Å². The Bertz CT molecular complexity index is 1880. The molecule has 4 aromatic rings. The number of phenols is 1. The molecule has 0 radical (unpaired) electrons. The van der Waals surface area contributed by atoms with Gasteiger partial charge in [0.15, 0.2) is 5.78 Å². The summed E-state index contributed by atoms with van der Waals surface area (Å²) < 4.78 is 11.8.